The molecule has 0 radical (unpaired) electrons. The zero-order valence-electron chi connectivity index (χ0n) is 12.5. The number of nitrogens with zero attached hydrogens (tertiary/aromatic N) is 3. The summed E-state index contributed by atoms with van der Waals surface area (Å²) in [5.74, 6) is 0.708. The first-order chi connectivity index (χ1) is 11.2. The van der Waals surface area contributed by atoms with Crippen LogP contribution in [0, 0.1) is 0 Å². The molecule has 4 rings (SSSR count). The Kier molecular flexibility index (Phi) is 3.66. The van der Waals surface area contributed by atoms with Crippen LogP contribution in [0.5, 0.6) is 0 Å². The zero-order valence-corrected chi connectivity index (χ0v) is 13.3. The SMILES string of the molecule is C=C1NC(=O)C(c2ccc3nc(N4CCOCC4)ncc3c2)S1. The molecule has 6 nitrogen and oxygen atoms in total. The maximum absolute atomic E-state index is 11.9. The molecule has 2 aliphatic heterocycles. The fourth-order valence-corrected chi connectivity index (χ4v) is 3.66. The van der Waals surface area contributed by atoms with Crippen molar-refractivity contribution in [3.8, 4) is 0 Å². The molecule has 1 aromatic carbocycles. The van der Waals surface area contributed by atoms with Gasteiger partial charge in [-0.3, -0.25) is 4.79 Å². The van der Waals surface area contributed by atoms with Crippen LogP contribution < -0.4 is 10.2 Å². The van der Waals surface area contributed by atoms with Crippen LogP contribution in [0.2, 0.25) is 0 Å². The molecule has 118 valence electrons. The lowest BCUT2D eigenvalue weighted by atomic mass is 10.1. The van der Waals surface area contributed by atoms with E-state index in [-0.39, 0.29) is 11.2 Å². The van der Waals surface area contributed by atoms with Crippen LogP contribution >= 0.6 is 11.8 Å². The van der Waals surface area contributed by atoms with E-state index in [1.165, 1.54) is 11.8 Å². The van der Waals surface area contributed by atoms with Gasteiger partial charge in [0.25, 0.3) is 0 Å². The van der Waals surface area contributed by atoms with Crippen molar-refractivity contribution in [2.75, 3.05) is 31.2 Å². The number of hydrogen-bond acceptors (Lipinski definition) is 6. The summed E-state index contributed by atoms with van der Waals surface area (Å²) >= 11 is 1.44. The van der Waals surface area contributed by atoms with Crippen molar-refractivity contribution in [2.24, 2.45) is 0 Å². The van der Waals surface area contributed by atoms with Gasteiger partial charge in [-0.1, -0.05) is 24.4 Å². The predicted molar refractivity (Wildman–Crippen MR) is 90.2 cm³/mol. The van der Waals surface area contributed by atoms with E-state index in [9.17, 15) is 4.79 Å². The number of aromatic nitrogens is 2. The van der Waals surface area contributed by atoms with Gasteiger partial charge in [0.15, 0.2) is 0 Å². The number of fused-ring (bicyclic) bond motifs is 1. The second-order valence-corrected chi connectivity index (χ2v) is 6.70. The molecule has 0 saturated carbocycles. The van der Waals surface area contributed by atoms with E-state index in [2.05, 4.69) is 26.8 Å². The molecule has 23 heavy (non-hydrogen) atoms. The van der Waals surface area contributed by atoms with Crippen molar-refractivity contribution in [3.63, 3.8) is 0 Å². The third-order valence-corrected chi connectivity index (χ3v) is 5.06. The van der Waals surface area contributed by atoms with E-state index < -0.39 is 0 Å². The van der Waals surface area contributed by atoms with Crippen LogP contribution in [0.4, 0.5) is 5.95 Å². The van der Waals surface area contributed by atoms with Crippen molar-refractivity contribution in [2.45, 2.75) is 5.25 Å². The number of hydrogen-bond donors (Lipinski definition) is 1. The standard InChI is InChI=1S/C16H16N4O2S/c1-10-18-15(21)14(23-10)11-2-3-13-12(8-11)9-17-16(19-13)20-4-6-22-7-5-20/h2-3,8-9,14H,1,4-7H2,(H,18,21). The van der Waals surface area contributed by atoms with E-state index in [0.29, 0.717) is 18.2 Å². The van der Waals surface area contributed by atoms with Crippen molar-refractivity contribution >= 4 is 34.5 Å². The molecule has 1 amide bonds. The Bertz CT molecular complexity index is 789. The third kappa shape index (κ3) is 2.77. The first kappa shape index (κ1) is 14.5. The minimum absolute atomic E-state index is 0.0230. The molecule has 0 spiro atoms. The van der Waals surface area contributed by atoms with Crippen LogP contribution in [0.15, 0.2) is 36.0 Å². The number of ether oxygens (including phenoxy) is 1. The Morgan fingerprint density at radius 1 is 1.35 bits per heavy atom. The Labute approximate surface area is 137 Å². The molecule has 2 fully saturated rings. The minimum Gasteiger partial charge on any atom is -0.378 e. The number of benzene rings is 1. The Morgan fingerprint density at radius 2 is 2.17 bits per heavy atom. The van der Waals surface area contributed by atoms with Crippen molar-refractivity contribution in [1.82, 2.24) is 15.3 Å². The van der Waals surface area contributed by atoms with Crippen molar-refractivity contribution in [1.29, 1.82) is 0 Å². The first-order valence-corrected chi connectivity index (χ1v) is 8.34. The molecule has 0 bridgehead atoms. The molecule has 2 aromatic rings. The van der Waals surface area contributed by atoms with Crippen LogP contribution in [0.3, 0.4) is 0 Å². The molecule has 2 saturated heterocycles. The van der Waals surface area contributed by atoms with E-state index in [4.69, 9.17) is 4.74 Å². The Hall–Kier alpha value is -2.12. The van der Waals surface area contributed by atoms with Gasteiger partial charge in [-0.25, -0.2) is 9.97 Å². The number of carbonyl (C=O) groups is 1. The lowest BCUT2D eigenvalue weighted by Gasteiger charge is -2.26. The molecule has 1 aromatic heterocycles. The summed E-state index contributed by atoms with van der Waals surface area (Å²) in [4.78, 5) is 23.2. The molecular formula is C16H16N4O2S. The fraction of sp³-hybridized carbons (Fsp3) is 0.312. The van der Waals surface area contributed by atoms with Crippen LogP contribution in [0.25, 0.3) is 10.9 Å². The smallest absolute Gasteiger partial charge is 0.242 e. The highest BCUT2D eigenvalue weighted by Crippen LogP contribution is 2.39. The quantitative estimate of drug-likeness (QED) is 0.907. The number of anilines is 1. The van der Waals surface area contributed by atoms with E-state index in [0.717, 1.165) is 35.5 Å². The highest BCUT2D eigenvalue weighted by atomic mass is 32.2. The highest BCUT2D eigenvalue weighted by molar-refractivity contribution is 8.04. The normalized spacial score (nSPS) is 21.7. The number of morpholine rings is 1. The van der Waals surface area contributed by atoms with Gasteiger partial charge < -0.3 is 15.0 Å². The van der Waals surface area contributed by atoms with Crippen molar-refractivity contribution < 1.29 is 9.53 Å². The zero-order chi connectivity index (χ0) is 15.8. The summed E-state index contributed by atoms with van der Waals surface area (Å²) < 4.78 is 5.36. The number of nitrogens with one attached hydrogen (secondary N) is 1. The summed E-state index contributed by atoms with van der Waals surface area (Å²) in [5, 5.41) is 4.13. The minimum atomic E-state index is -0.245. The van der Waals surface area contributed by atoms with Gasteiger partial charge in [0.2, 0.25) is 11.9 Å². The van der Waals surface area contributed by atoms with Gasteiger partial charge in [0.1, 0.15) is 5.25 Å². The second kappa shape index (κ2) is 5.82. The van der Waals surface area contributed by atoms with Crippen LogP contribution in [-0.4, -0.2) is 42.2 Å². The summed E-state index contributed by atoms with van der Waals surface area (Å²) in [6.45, 7) is 6.83. The number of carbonyl (C=O) groups excluding carboxylic acids is 1. The van der Waals surface area contributed by atoms with Crippen LogP contribution in [-0.2, 0) is 9.53 Å². The van der Waals surface area contributed by atoms with Gasteiger partial charge in [0, 0.05) is 24.7 Å². The number of amides is 1. The second-order valence-electron chi connectivity index (χ2n) is 5.50. The number of rotatable bonds is 2. The van der Waals surface area contributed by atoms with Gasteiger partial charge in [-0.15, -0.1) is 0 Å². The molecule has 2 aliphatic rings. The largest absolute Gasteiger partial charge is 0.378 e. The summed E-state index contributed by atoms with van der Waals surface area (Å²) in [5.41, 5.74) is 1.83. The topological polar surface area (TPSA) is 67.4 Å². The van der Waals surface area contributed by atoms with Crippen LogP contribution in [0.1, 0.15) is 10.8 Å². The summed E-state index contributed by atoms with van der Waals surface area (Å²) in [6, 6.07) is 5.88. The van der Waals surface area contributed by atoms with E-state index in [1.807, 2.05) is 24.4 Å². The maximum atomic E-state index is 11.9. The van der Waals surface area contributed by atoms with E-state index >= 15 is 0 Å². The van der Waals surface area contributed by atoms with E-state index in [1.54, 1.807) is 0 Å². The first-order valence-electron chi connectivity index (χ1n) is 7.46. The third-order valence-electron chi connectivity index (χ3n) is 3.95. The average molecular weight is 328 g/mol. The lowest BCUT2D eigenvalue weighted by molar-refractivity contribution is -0.119. The molecule has 0 aliphatic carbocycles. The molecular weight excluding hydrogens is 312 g/mol. The summed E-state index contributed by atoms with van der Waals surface area (Å²) in [7, 11) is 0. The van der Waals surface area contributed by atoms with Gasteiger partial charge in [0.05, 0.1) is 23.8 Å². The van der Waals surface area contributed by atoms with Gasteiger partial charge >= 0.3 is 0 Å². The molecule has 1 unspecified atom stereocenters. The average Bonchev–Trinajstić information content (AvgIpc) is 2.93. The Morgan fingerprint density at radius 3 is 2.91 bits per heavy atom. The predicted octanol–water partition coefficient (Wildman–Crippen LogP) is 1.84. The van der Waals surface area contributed by atoms with Crippen molar-refractivity contribution in [3.05, 3.63) is 41.6 Å². The molecule has 7 heteroatoms. The summed E-state index contributed by atoms with van der Waals surface area (Å²) in [6.07, 6.45) is 1.82. The van der Waals surface area contributed by atoms with Gasteiger partial charge in [-0.2, -0.15) is 0 Å². The maximum Gasteiger partial charge on any atom is 0.242 e. The van der Waals surface area contributed by atoms with Gasteiger partial charge in [-0.05, 0) is 17.7 Å². The Balaban J connectivity index is 1.65. The monoisotopic (exact) mass is 328 g/mol. The molecule has 3 heterocycles. The number of thioether (sulfide) groups is 1. The fourth-order valence-electron chi connectivity index (χ4n) is 2.77. The highest BCUT2D eigenvalue weighted by Gasteiger charge is 2.29. The lowest BCUT2D eigenvalue weighted by Crippen LogP contribution is -2.37. The molecule has 1 atom stereocenters. The molecule has 1 N–H and O–H groups in total.